The van der Waals surface area contributed by atoms with Gasteiger partial charge in [0.1, 0.15) is 11.6 Å². The van der Waals surface area contributed by atoms with Gasteiger partial charge in [0.05, 0.1) is 19.3 Å². The Labute approximate surface area is 107 Å². The fourth-order valence-corrected chi connectivity index (χ4v) is 1.81. The first kappa shape index (κ1) is 12.6. The van der Waals surface area contributed by atoms with Crippen LogP contribution in [0.15, 0.2) is 24.3 Å². The summed E-state index contributed by atoms with van der Waals surface area (Å²) in [5.41, 5.74) is 3.40. The molecule has 2 aromatic rings. The van der Waals surface area contributed by atoms with Crippen molar-refractivity contribution in [2.75, 3.05) is 7.11 Å². The molecule has 0 aliphatic carbocycles. The number of ether oxygens (including phenoxy) is 1. The summed E-state index contributed by atoms with van der Waals surface area (Å²) in [6, 6.07) is 8.06. The number of methoxy groups -OCH3 is 1. The second-order valence-electron chi connectivity index (χ2n) is 4.35. The molecule has 0 saturated carbocycles. The standard InChI is InChI=1S/C14H19N3O/c1-10-11(2)17-14(16-10)9-15-8-12-5-4-6-13(7-12)18-3/h4-7,15H,8-9H2,1-3H3,(H,16,17). The van der Waals surface area contributed by atoms with Crippen LogP contribution in [0.5, 0.6) is 5.75 Å². The van der Waals surface area contributed by atoms with E-state index in [0.29, 0.717) is 0 Å². The zero-order valence-electron chi connectivity index (χ0n) is 11.1. The van der Waals surface area contributed by atoms with E-state index in [0.717, 1.165) is 36.1 Å². The van der Waals surface area contributed by atoms with Gasteiger partial charge in [0.15, 0.2) is 0 Å². The highest BCUT2D eigenvalue weighted by Gasteiger charge is 2.02. The van der Waals surface area contributed by atoms with Crippen LogP contribution in [-0.4, -0.2) is 17.1 Å². The molecule has 0 radical (unpaired) electrons. The lowest BCUT2D eigenvalue weighted by molar-refractivity contribution is 0.414. The average molecular weight is 245 g/mol. The predicted octanol–water partition coefficient (Wildman–Crippen LogP) is 2.32. The molecular weight excluding hydrogens is 226 g/mol. The first-order chi connectivity index (χ1) is 8.69. The maximum atomic E-state index is 5.19. The number of nitrogens with one attached hydrogen (secondary N) is 2. The van der Waals surface area contributed by atoms with Gasteiger partial charge in [0, 0.05) is 12.2 Å². The molecule has 0 saturated heterocycles. The molecule has 0 atom stereocenters. The van der Waals surface area contributed by atoms with Crippen LogP contribution in [0.1, 0.15) is 22.8 Å². The number of aromatic amines is 1. The van der Waals surface area contributed by atoms with Crippen molar-refractivity contribution in [3.05, 3.63) is 47.0 Å². The zero-order chi connectivity index (χ0) is 13.0. The van der Waals surface area contributed by atoms with E-state index in [9.17, 15) is 0 Å². The van der Waals surface area contributed by atoms with Crippen molar-refractivity contribution in [2.24, 2.45) is 0 Å². The van der Waals surface area contributed by atoms with E-state index < -0.39 is 0 Å². The minimum atomic E-state index is 0.742. The molecule has 0 spiro atoms. The molecule has 2 N–H and O–H groups in total. The highest BCUT2D eigenvalue weighted by atomic mass is 16.5. The lowest BCUT2D eigenvalue weighted by Crippen LogP contribution is -2.13. The number of nitrogens with zero attached hydrogens (tertiary/aromatic N) is 1. The summed E-state index contributed by atoms with van der Waals surface area (Å²) in [7, 11) is 1.68. The molecule has 1 aromatic heterocycles. The largest absolute Gasteiger partial charge is 0.497 e. The van der Waals surface area contributed by atoms with Gasteiger partial charge in [0.25, 0.3) is 0 Å². The van der Waals surface area contributed by atoms with Gasteiger partial charge in [-0.25, -0.2) is 4.98 Å². The third-order valence-electron chi connectivity index (χ3n) is 2.93. The van der Waals surface area contributed by atoms with Crippen LogP contribution >= 0.6 is 0 Å². The molecule has 18 heavy (non-hydrogen) atoms. The fourth-order valence-electron chi connectivity index (χ4n) is 1.81. The first-order valence-electron chi connectivity index (χ1n) is 6.05. The van der Waals surface area contributed by atoms with Gasteiger partial charge < -0.3 is 15.0 Å². The van der Waals surface area contributed by atoms with E-state index in [1.165, 1.54) is 5.56 Å². The summed E-state index contributed by atoms with van der Waals surface area (Å²) in [5, 5.41) is 3.36. The maximum absolute atomic E-state index is 5.19. The molecule has 0 aliphatic heterocycles. The van der Waals surface area contributed by atoms with Crippen LogP contribution in [0.3, 0.4) is 0 Å². The van der Waals surface area contributed by atoms with E-state index >= 15 is 0 Å². The SMILES string of the molecule is COc1cccc(CNCc2nc(C)c(C)[nH]2)c1. The van der Waals surface area contributed by atoms with Gasteiger partial charge >= 0.3 is 0 Å². The number of hydrogen-bond donors (Lipinski definition) is 2. The normalized spacial score (nSPS) is 10.6. The van der Waals surface area contributed by atoms with Gasteiger partial charge in [0.2, 0.25) is 0 Å². The van der Waals surface area contributed by atoms with Crippen molar-refractivity contribution < 1.29 is 4.74 Å². The van der Waals surface area contributed by atoms with Crippen molar-refractivity contribution in [2.45, 2.75) is 26.9 Å². The van der Waals surface area contributed by atoms with Crippen LogP contribution in [0.25, 0.3) is 0 Å². The average Bonchev–Trinajstić information content (AvgIpc) is 2.69. The predicted molar refractivity (Wildman–Crippen MR) is 71.6 cm³/mol. The van der Waals surface area contributed by atoms with E-state index in [1.54, 1.807) is 7.11 Å². The third kappa shape index (κ3) is 3.11. The summed E-state index contributed by atoms with van der Waals surface area (Å²) in [6.45, 7) is 5.59. The molecule has 0 aliphatic rings. The topological polar surface area (TPSA) is 49.9 Å². The van der Waals surface area contributed by atoms with Crippen LogP contribution in [0.4, 0.5) is 0 Å². The van der Waals surface area contributed by atoms with E-state index in [2.05, 4.69) is 21.4 Å². The van der Waals surface area contributed by atoms with Crippen LogP contribution in [0.2, 0.25) is 0 Å². The Morgan fingerprint density at radius 3 is 2.78 bits per heavy atom. The molecule has 0 amide bonds. The summed E-state index contributed by atoms with van der Waals surface area (Å²) < 4.78 is 5.19. The second kappa shape index (κ2) is 5.69. The Balaban J connectivity index is 1.88. The molecular formula is C14H19N3O. The van der Waals surface area contributed by atoms with Gasteiger partial charge in [-0.3, -0.25) is 0 Å². The van der Waals surface area contributed by atoms with E-state index in [-0.39, 0.29) is 0 Å². The summed E-state index contributed by atoms with van der Waals surface area (Å²) >= 11 is 0. The Hall–Kier alpha value is -1.81. The number of hydrogen-bond acceptors (Lipinski definition) is 3. The highest BCUT2D eigenvalue weighted by Crippen LogP contribution is 2.12. The van der Waals surface area contributed by atoms with Gasteiger partial charge in [-0.15, -0.1) is 0 Å². The zero-order valence-corrected chi connectivity index (χ0v) is 11.1. The second-order valence-corrected chi connectivity index (χ2v) is 4.35. The molecule has 4 heteroatoms. The van der Waals surface area contributed by atoms with Crippen molar-refractivity contribution in [3.63, 3.8) is 0 Å². The number of imidazole rings is 1. The summed E-state index contributed by atoms with van der Waals surface area (Å²) in [4.78, 5) is 7.69. The highest BCUT2D eigenvalue weighted by molar-refractivity contribution is 5.28. The van der Waals surface area contributed by atoms with Crippen molar-refractivity contribution in [3.8, 4) is 5.75 Å². The lowest BCUT2D eigenvalue weighted by Gasteiger charge is -2.05. The van der Waals surface area contributed by atoms with E-state index in [1.807, 2.05) is 32.0 Å². The first-order valence-corrected chi connectivity index (χ1v) is 6.05. The smallest absolute Gasteiger partial charge is 0.120 e. The van der Waals surface area contributed by atoms with Crippen molar-refractivity contribution >= 4 is 0 Å². The van der Waals surface area contributed by atoms with Crippen molar-refractivity contribution in [1.29, 1.82) is 0 Å². The number of aromatic nitrogens is 2. The molecule has 4 nitrogen and oxygen atoms in total. The van der Waals surface area contributed by atoms with Gasteiger partial charge in [-0.2, -0.15) is 0 Å². The number of rotatable bonds is 5. The van der Waals surface area contributed by atoms with E-state index in [4.69, 9.17) is 4.74 Å². The van der Waals surface area contributed by atoms with Crippen molar-refractivity contribution in [1.82, 2.24) is 15.3 Å². The molecule has 0 fully saturated rings. The Morgan fingerprint density at radius 1 is 1.28 bits per heavy atom. The lowest BCUT2D eigenvalue weighted by atomic mass is 10.2. The molecule has 96 valence electrons. The summed E-state index contributed by atoms with van der Waals surface area (Å²) in [5.74, 6) is 1.87. The van der Waals surface area contributed by atoms with Gasteiger partial charge in [-0.05, 0) is 31.5 Å². The van der Waals surface area contributed by atoms with Gasteiger partial charge in [-0.1, -0.05) is 12.1 Å². The minimum absolute atomic E-state index is 0.742. The third-order valence-corrected chi connectivity index (χ3v) is 2.93. The monoisotopic (exact) mass is 245 g/mol. The number of aryl methyl sites for hydroxylation is 2. The quantitative estimate of drug-likeness (QED) is 0.850. The Kier molecular flexibility index (Phi) is 3.99. The van der Waals surface area contributed by atoms with Crippen LogP contribution in [0, 0.1) is 13.8 Å². The Bertz CT molecular complexity index is 500. The maximum Gasteiger partial charge on any atom is 0.120 e. The molecule has 1 heterocycles. The molecule has 0 unspecified atom stereocenters. The number of H-pyrrole nitrogens is 1. The molecule has 0 bridgehead atoms. The number of benzene rings is 1. The van der Waals surface area contributed by atoms with Crippen LogP contribution < -0.4 is 10.1 Å². The molecule has 2 rings (SSSR count). The fraction of sp³-hybridized carbons (Fsp3) is 0.357. The Morgan fingerprint density at radius 2 is 2.11 bits per heavy atom. The minimum Gasteiger partial charge on any atom is -0.497 e. The molecule has 1 aromatic carbocycles. The van der Waals surface area contributed by atoms with Crippen LogP contribution in [-0.2, 0) is 13.1 Å². The summed E-state index contributed by atoms with van der Waals surface area (Å²) in [6.07, 6.45) is 0.